The van der Waals surface area contributed by atoms with E-state index in [4.69, 9.17) is 0 Å². The summed E-state index contributed by atoms with van der Waals surface area (Å²) in [4.78, 5) is 0. The van der Waals surface area contributed by atoms with Crippen molar-refractivity contribution < 1.29 is 10.2 Å². The Hall–Kier alpha value is -1.02. The molecule has 44 heavy (non-hydrogen) atoms. The fourth-order valence-corrected chi connectivity index (χ4v) is 7.03. The molecule has 0 radical (unpaired) electrons. The molecule has 1 saturated carbocycles. The first-order chi connectivity index (χ1) is 21.7. The number of aliphatic hydroxyl groups is 1. The molecule has 0 aliphatic heterocycles. The fraction of sp³-hybridized carbons (Fsp3) is 0.857. The highest BCUT2D eigenvalue weighted by Crippen LogP contribution is 2.28. The number of hydrogen-bond acceptors (Lipinski definition) is 2. The van der Waals surface area contributed by atoms with Crippen LogP contribution in [-0.2, 0) is 6.42 Å². The Labute approximate surface area is 276 Å². The van der Waals surface area contributed by atoms with E-state index in [-0.39, 0.29) is 6.10 Å². The van der Waals surface area contributed by atoms with E-state index in [9.17, 15) is 10.2 Å². The van der Waals surface area contributed by atoms with Crippen molar-refractivity contribution in [1.29, 1.82) is 0 Å². The summed E-state index contributed by atoms with van der Waals surface area (Å²) in [6.45, 7) is 4.57. The van der Waals surface area contributed by atoms with E-state index >= 15 is 0 Å². The Kier molecular flexibility index (Phi) is 29.8. The normalized spacial score (nSPS) is 16.5. The molecule has 1 fully saturated rings. The lowest BCUT2D eigenvalue weighted by molar-refractivity contribution is 0.0973. The van der Waals surface area contributed by atoms with Crippen LogP contribution in [0.4, 0.5) is 0 Å². The van der Waals surface area contributed by atoms with Gasteiger partial charge in [-0.1, -0.05) is 206 Å². The molecule has 0 aromatic heterocycles. The van der Waals surface area contributed by atoms with Gasteiger partial charge in [0.25, 0.3) is 0 Å². The van der Waals surface area contributed by atoms with Gasteiger partial charge >= 0.3 is 0 Å². The molecule has 2 heteroatoms. The highest BCUT2D eigenvalue weighted by molar-refractivity contribution is 5.27. The Bertz CT molecular complexity index is 701. The van der Waals surface area contributed by atoms with Crippen LogP contribution < -0.4 is 0 Å². The molecule has 2 atom stereocenters. The van der Waals surface area contributed by atoms with Crippen molar-refractivity contribution in [3.8, 4) is 5.75 Å². The molecule has 2 rings (SSSR count). The van der Waals surface area contributed by atoms with Crippen LogP contribution in [0.25, 0.3) is 0 Å². The number of unbranched alkanes of at least 4 members (excludes halogenated alkanes) is 24. The second-order valence-corrected chi connectivity index (χ2v) is 14.4. The molecule has 2 nitrogen and oxygen atoms in total. The van der Waals surface area contributed by atoms with E-state index in [1.165, 1.54) is 192 Å². The van der Waals surface area contributed by atoms with Crippen molar-refractivity contribution in [1.82, 2.24) is 0 Å². The molecule has 1 aliphatic carbocycles. The third-order valence-electron chi connectivity index (χ3n) is 9.95. The molecule has 0 saturated heterocycles. The van der Waals surface area contributed by atoms with Crippen LogP contribution in [0, 0.1) is 5.92 Å². The van der Waals surface area contributed by atoms with E-state index < -0.39 is 0 Å². The van der Waals surface area contributed by atoms with E-state index in [1.807, 2.05) is 12.1 Å². The van der Waals surface area contributed by atoms with Crippen LogP contribution >= 0.6 is 0 Å². The van der Waals surface area contributed by atoms with Gasteiger partial charge in [0.05, 0.1) is 6.10 Å². The van der Waals surface area contributed by atoms with Crippen molar-refractivity contribution in [3.05, 3.63) is 29.8 Å². The summed E-state index contributed by atoms with van der Waals surface area (Å²) in [6, 6.07) is 7.68. The molecule has 1 aromatic rings. The molecule has 1 aliphatic rings. The van der Waals surface area contributed by atoms with E-state index in [2.05, 4.69) is 19.9 Å². The summed E-state index contributed by atoms with van der Waals surface area (Å²) in [6.07, 6.45) is 44.2. The number of aliphatic hydroxyl groups excluding tert-OH is 1. The van der Waals surface area contributed by atoms with Crippen molar-refractivity contribution in [2.24, 2.45) is 5.92 Å². The molecule has 1 aromatic carbocycles. The maximum Gasteiger partial charge on any atom is 0.115 e. The van der Waals surface area contributed by atoms with Crippen LogP contribution in [0.2, 0.25) is 0 Å². The van der Waals surface area contributed by atoms with Gasteiger partial charge in [-0.25, -0.2) is 0 Å². The number of benzene rings is 1. The van der Waals surface area contributed by atoms with Gasteiger partial charge in [-0.2, -0.15) is 0 Å². The minimum Gasteiger partial charge on any atom is -0.508 e. The molecule has 258 valence electrons. The average Bonchev–Trinajstić information content (AvgIpc) is 3.02. The average molecular weight is 615 g/mol. The van der Waals surface area contributed by atoms with Gasteiger partial charge in [0.2, 0.25) is 0 Å². The second-order valence-electron chi connectivity index (χ2n) is 14.4. The van der Waals surface area contributed by atoms with Crippen LogP contribution in [0.1, 0.15) is 218 Å². The molecular weight excluding hydrogens is 536 g/mol. The molecule has 2 N–H and O–H groups in total. The van der Waals surface area contributed by atoms with Crippen molar-refractivity contribution in [2.75, 3.05) is 0 Å². The van der Waals surface area contributed by atoms with Gasteiger partial charge in [-0.15, -0.1) is 0 Å². The third-order valence-corrected chi connectivity index (χ3v) is 9.95. The van der Waals surface area contributed by atoms with Crippen molar-refractivity contribution >= 4 is 0 Å². The predicted molar refractivity (Wildman–Crippen MR) is 196 cm³/mol. The summed E-state index contributed by atoms with van der Waals surface area (Å²) in [5.74, 6) is 1.23. The number of phenolic OH excluding ortho intramolecular Hbond substituents is 1. The highest BCUT2D eigenvalue weighted by Gasteiger charge is 2.19. The zero-order valence-electron chi connectivity index (χ0n) is 30.0. The first-order valence-corrected chi connectivity index (χ1v) is 20.1. The second kappa shape index (κ2) is 31.9. The van der Waals surface area contributed by atoms with Gasteiger partial charge in [-0.3, -0.25) is 0 Å². The third kappa shape index (κ3) is 27.3. The molecular formula is C42H78O2. The zero-order chi connectivity index (χ0) is 31.8. The summed E-state index contributed by atoms with van der Waals surface area (Å²) >= 11 is 0. The minimum absolute atomic E-state index is 0.0146. The fourth-order valence-electron chi connectivity index (χ4n) is 7.03. The van der Waals surface area contributed by atoms with E-state index in [1.54, 1.807) is 6.07 Å². The van der Waals surface area contributed by atoms with Crippen molar-refractivity contribution in [3.63, 3.8) is 0 Å². The van der Waals surface area contributed by atoms with Gasteiger partial charge in [0, 0.05) is 0 Å². The summed E-state index contributed by atoms with van der Waals surface area (Å²) < 4.78 is 0. The smallest absolute Gasteiger partial charge is 0.115 e. The molecule has 0 spiro atoms. The molecule has 0 bridgehead atoms. The van der Waals surface area contributed by atoms with Crippen LogP contribution in [0.3, 0.4) is 0 Å². The summed E-state index contributed by atoms with van der Waals surface area (Å²) in [5.41, 5.74) is 1.27. The summed E-state index contributed by atoms with van der Waals surface area (Å²) in [5, 5.41) is 19.1. The van der Waals surface area contributed by atoms with E-state index in [0.29, 0.717) is 5.75 Å². The van der Waals surface area contributed by atoms with Crippen molar-refractivity contribution in [2.45, 2.75) is 225 Å². The standard InChI is InChI=1S/C21H42O.C21H36O/c2*1-2-3-4-5-6-7-8-9-10-11-12-13-14-16-20-17-15-18-21(22)19-20/h20-22H,2-19H2,1H3;15,17-19,22H,2-14,16H2,1H3. The first kappa shape index (κ1) is 41.0. The summed E-state index contributed by atoms with van der Waals surface area (Å²) in [7, 11) is 0. The predicted octanol–water partition coefficient (Wildman–Crippen LogP) is 14.0. The van der Waals surface area contributed by atoms with Crippen LogP contribution in [0.15, 0.2) is 24.3 Å². The topological polar surface area (TPSA) is 40.5 Å². The number of hydrogen-bond donors (Lipinski definition) is 2. The number of aryl methyl sites for hydroxylation is 1. The lowest BCUT2D eigenvalue weighted by atomic mass is 9.84. The van der Waals surface area contributed by atoms with Gasteiger partial charge in [-0.05, 0) is 49.3 Å². The molecule has 0 heterocycles. The minimum atomic E-state index is 0.0146. The Morgan fingerprint density at radius 3 is 1.41 bits per heavy atom. The van der Waals surface area contributed by atoms with Gasteiger partial charge in [0.15, 0.2) is 0 Å². The molecule has 0 amide bonds. The first-order valence-electron chi connectivity index (χ1n) is 20.1. The Morgan fingerprint density at radius 2 is 0.977 bits per heavy atom. The maximum absolute atomic E-state index is 9.68. The van der Waals surface area contributed by atoms with Crippen LogP contribution in [-0.4, -0.2) is 16.3 Å². The zero-order valence-corrected chi connectivity index (χ0v) is 30.0. The number of phenols is 1. The lowest BCUT2D eigenvalue weighted by Crippen LogP contribution is -2.19. The lowest BCUT2D eigenvalue weighted by Gasteiger charge is -2.25. The largest absolute Gasteiger partial charge is 0.508 e. The Morgan fingerprint density at radius 1 is 0.545 bits per heavy atom. The number of rotatable bonds is 28. The maximum atomic E-state index is 9.68. The Balaban J connectivity index is 0.000000440. The number of aromatic hydroxyl groups is 1. The SMILES string of the molecule is CCCCCCCCCCCCCCCC1CCCC(O)C1.CCCCCCCCCCCCCCCc1cccc(O)c1. The van der Waals surface area contributed by atoms with Gasteiger partial charge < -0.3 is 10.2 Å². The van der Waals surface area contributed by atoms with Gasteiger partial charge in [0.1, 0.15) is 5.75 Å². The highest BCUT2D eigenvalue weighted by atomic mass is 16.3. The van der Waals surface area contributed by atoms with E-state index in [0.717, 1.165) is 25.2 Å². The monoisotopic (exact) mass is 615 g/mol. The molecule has 2 unspecified atom stereocenters. The quantitative estimate of drug-likeness (QED) is 0.0922. The van der Waals surface area contributed by atoms with Crippen LogP contribution in [0.5, 0.6) is 5.75 Å².